The van der Waals surface area contributed by atoms with Crippen molar-refractivity contribution < 1.29 is 9.47 Å². The van der Waals surface area contributed by atoms with Crippen LogP contribution in [0.25, 0.3) is 0 Å². The molecule has 0 radical (unpaired) electrons. The van der Waals surface area contributed by atoms with Crippen LogP contribution in [0.5, 0.6) is 11.5 Å². The summed E-state index contributed by atoms with van der Waals surface area (Å²) < 4.78 is 11.5. The van der Waals surface area contributed by atoms with Crippen LogP contribution in [0.15, 0.2) is 41.4 Å². The second-order valence-corrected chi connectivity index (χ2v) is 7.25. The summed E-state index contributed by atoms with van der Waals surface area (Å²) in [7, 11) is 3.94. The Hall–Kier alpha value is -2.16. The first-order valence-electron chi connectivity index (χ1n) is 9.93. The number of halogens is 1. The Morgan fingerprint density at radius 1 is 1.07 bits per heavy atom. The zero-order valence-electron chi connectivity index (χ0n) is 17.0. The van der Waals surface area contributed by atoms with Crippen LogP contribution in [0, 0.1) is 0 Å². The molecular weight excluding hydrogens is 479 g/mol. The monoisotopic (exact) mass is 508 g/mol. The van der Waals surface area contributed by atoms with Gasteiger partial charge in [0.05, 0.1) is 13.2 Å². The predicted molar refractivity (Wildman–Crippen MR) is 129 cm³/mol. The van der Waals surface area contributed by atoms with Gasteiger partial charge in [0.25, 0.3) is 0 Å². The lowest BCUT2D eigenvalue weighted by Crippen LogP contribution is -2.30. The van der Waals surface area contributed by atoms with E-state index >= 15 is 0 Å². The number of fused-ring (bicyclic) bond motifs is 2. The molecule has 2 aliphatic heterocycles. The number of hydrogen-bond acceptors (Lipinski definition) is 4. The molecule has 0 fully saturated rings. The summed E-state index contributed by atoms with van der Waals surface area (Å²) in [4.78, 5) is 6.68. The summed E-state index contributed by atoms with van der Waals surface area (Å²) >= 11 is 0. The van der Waals surface area contributed by atoms with Crippen molar-refractivity contribution in [3.8, 4) is 11.5 Å². The van der Waals surface area contributed by atoms with Crippen molar-refractivity contribution in [2.45, 2.75) is 25.8 Å². The molecule has 2 aromatic rings. The highest BCUT2D eigenvalue weighted by atomic mass is 127. The number of hydrogen-bond donors (Lipinski definition) is 2. The Morgan fingerprint density at radius 3 is 2.72 bits per heavy atom. The highest BCUT2D eigenvalue weighted by molar-refractivity contribution is 14.0. The van der Waals surface area contributed by atoms with Gasteiger partial charge in [-0.25, -0.2) is 0 Å². The highest BCUT2D eigenvalue weighted by Gasteiger charge is 2.14. The number of aliphatic imine (C=N–C) groups is 1. The molecule has 0 bridgehead atoms. The average molecular weight is 508 g/mol. The Labute approximate surface area is 189 Å². The third-order valence-electron chi connectivity index (χ3n) is 5.19. The minimum atomic E-state index is 0. The van der Waals surface area contributed by atoms with Crippen LogP contribution in [0.2, 0.25) is 0 Å². The Bertz CT molecular complexity index is 872. The topological polar surface area (TPSA) is 58.1 Å². The van der Waals surface area contributed by atoms with Crippen molar-refractivity contribution in [2.75, 3.05) is 44.1 Å². The van der Waals surface area contributed by atoms with E-state index in [1.165, 1.54) is 23.2 Å². The molecule has 2 heterocycles. The van der Waals surface area contributed by atoms with E-state index in [-0.39, 0.29) is 24.0 Å². The summed E-state index contributed by atoms with van der Waals surface area (Å²) in [6.07, 6.45) is 3.27. The lowest BCUT2D eigenvalue weighted by atomic mass is 9.99. The molecule has 7 heteroatoms. The van der Waals surface area contributed by atoms with E-state index < -0.39 is 0 Å². The molecule has 0 aliphatic carbocycles. The molecule has 6 nitrogen and oxygen atoms in total. The van der Waals surface area contributed by atoms with Crippen molar-refractivity contribution in [1.29, 1.82) is 0 Å². The number of nitrogens with one attached hydrogen (secondary N) is 2. The Kier molecular flexibility index (Phi) is 7.46. The fourth-order valence-electron chi connectivity index (χ4n) is 3.69. The van der Waals surface area contributed by atoms with Gasteiger partial charge in [0, 0.05) is 51.0 Å². The highest BCUT2D eigenvalue weighted by Crippen LogP contribution is 2.32. The van der Waals surface area contributed by atoms with Gasteiger partial charge in [0.1, 0.15) is 0 Å². The van der Waals surface area contributed by atoms with Crippen molar-refractivity contribution in [2.24, 2.45) is 4.99 Å². The van der Waals surface area contributed by atoms with Crippen molar-refractivity contribution in [1.82, 2.24) is 5.32 Å². The smallest absolute Gasteiger partial charge is 0.195 e. The van der Waals surface area contributed by atoms with Crippen LogP contribution in [0.3, 0.4) is 0 Å². The van der Waals surface area contributed by atoms with E-state index in [1.54, 1.807) is 7.05 Å². The molecule has 29 heavy (non-hydrogen) atoms. The van der Waals surface area contributed by atoms with Gasteiger partial charge in [-0.1, -0.05) is 12.1 Å². The van der Waals surface area contributed by atoms with Gasteiger partial charge in [0.2, 0.25) is 0 Å². The number of rotatable bonds is 3. The fourth-order valence-corrected chi connectivity index (χ4v) is 3.69. The largest absolute Gasteiger partial charge is 0.490 e. The molecule has 0 spiro atoms. The zero-order valence-corrected chi connectivity index (χ0v) is 19.4. The molecule has 0 aromatic heterocycles. The summed E-state index contributed by atoms with van der Waals surface area (Å²) in [5.41, 5.74) is 4.96. The third-order valence-corrected chi connectivity index (χ3v) is 5.19. The zero-order chi connectivity index (χ0) is 19.3. The maximum Gasteiger partial charge on any atom is 0.195 e. The fraction of sp³-hybridized carbons (Fsp3) is 0.409. The lowest BCUT2D eigenvalue weighted by Gasteiger charge is -2.28. The molecule has 2 aromatic carbocycles. The second kappa shape index (κ2) is 10.0. The first-order chi connectivity index (χ1) is 13.7. The van der Waals surface area contributed by atoms with Crippen LogP contribution in [0.4, 0.5) is 11.4 Å². The molecule has 0 saturated carbocycles. The van der Waals surface area contributed by atoms with Crippen LogP contribution in [0.1, 0.15) is 24.0 Å². The van der Waals surface area contributed by atoms with E-state index in [1.807, 2.05) is 18.2 Å². The van der Waals surface area contributed by atoms with Gasteiger partial charge < -0.3 is 25.0 Å². The lowest BCUT2D eigenvalue weighted by molar-refractivity contribution is 0.297. The number of guanidine groups is 1. The standard InChI is InChI=1S/C22H28N4O2.HI/c1-23-22(25-18-7-9-20-21(14-18)28-12-4-11-27-20)24-15-16-6-8-19-17(13-16)5-3-10-26(19)2;/h6-9,13-14H,3-5,10-12,15H2,1-2H3,(H2,23,24,25);1H. The van der Waals surface area contributed by atoms with Crippen LogP contribution >= 0.6 is 24.0 Å². The normalized spacial score (nSPS) is 15.7. The molecule has 0 amide bonds. The van der Waals surface area contributed by atoms with Crippen LogP contribution in [-0.4, -0.2) is 39.8 Å². The van der Waals surface area contributed by atoms with Gasteiger partial charge in [-0.2, -0.15) is 0 Å². The Balaban J connectivity index is 0.00000240. The van der Waals surface area contributed by atoms with E-state index in [4.69, 9.17) is 9.47 Å². The molecule has 156 valence electrons. The number of nitrogens with zero attached hydrogens (tertiary/aromatic N) is 2. The van der Waals surface area contributed by atoms with Gasteiger partial charge in [0.15, 0.2) is 17.5 Å². The van der Waals surface area contributed by atoms with E-state index in [0.717, 1.165) is 49.1 Å². The quantitative estimate of drug-likeness (QED) is 0.373. The van der Waals surface area contributed by atoms with Crippen LogP contribution < -0.4 is 25.0 Å². The van der Waals surface area contributed by atoms with Crippen molar-refractivity contribution in [3.05, 3.63) is 47.5 Å². The van der Waals surface area contributed by atoms with Gasteiger partial charge in [-0.05, 0) is 42.2 Å². The van der Waals surface area contributed by atoms with Gasteiger partial charge in [-0.3, -0.25) is 4.99 Å². The van der Waals surface area contributed by atoms with Crippen molar-refractivity contribution >= 4 is 41.3 Å². The third kappa shape index (κ3) is 5.26. The van der Waals surface area contributed by atoms with E-state index in [0.29, 0.717) is 13.2 Å². The van der Waals surface area contributed by atoms with E-state index in [2.05, 4.69) is 45.8 Å². The predicted octanol–water partition coefficient (Wildman–Crippen LogP) is 4.04. The van der Waals surface area contributed by atoms with E-state index in [9.17, 15) is 0 Å². The molecule has 4 rings (SSSR count). The van der Waals surface area contributed by atoms with Crippen LogP contribution in [-0.2, 0) is 13.0 Å². The van der Waals surface area contributed by atoms with Crippen molar-refractivity contribution in [3.63, 3.8) is 0 Å². The molecule has 2 N–H and O–H groups in total. The maximum absolute atomic E-state index is 5.77. The maximum atomic E-state index is 5.77. The van der Waals surface area contributed by atoms with Gasteiger partial charge >= 0.3 is 0 Å². The Morgan fingerprint density at radius 2 is 1.90 bits per heavy atom. The summed E-state index contributed by atoms with van der Waals surface area (Å²) in [6.45, 7) is 3.23. The molecule has 0 saturated heterocycles. The number of ether oxygens (including phenoxy) is 2. The SMILES string of the molecule is CN=C(NCc1ccc2c(c1)CCCN2C)Nc1ccc2c(c1)OCCCO2.I. The summed E-state index contributed by atoms with van der Waals surface area (Å²) in [5, 5.41) is 6.73. The molecule has 0 atom stereocenters. The van der Waals surface area contributed by atoms with Gasteiger partial charge in [-0.15, -0.1) is 24.0 Å². The molecule has 2 aliphatic rings. The minimum Gasteiger partial charge on any atom is -0.490 e. The average Bonchev–Trinajstić information content (AvgIpc) is 2.96. The summed E-state index contributed by atoms with van der Waals surface area (Å²) in [5.74, 6) is 2.30. The summed E-state index contributed by atoms with van der Waals surface area (Å²) in [6, 6.07) is 12.6. The first kappa shape index (κ1) is 21.5. The second-order valence-electron chi connectivity index (χ2n) is 7.25. The number of aryl methyl sites for hydroxylation is 1. The number of benzene rings is 2. The number of anilines is 2. The minimum absolute atomic E-state index is 0. The molecular formula is C22H29IN4O2. The molecule has 0 unspecified atom stereocenters. The first-order valence-corrected chi connectivity index (χ1v) is 9.93.